The second kappa shape index (κ2) is 4.96. The van der Waals surface area contributed by atoms with E-state index in [4.69, 9.17) is 0 Å². The van der Waals surface area contributed by atoms with Gasteiger partial charge >= 0.3 is 0 Å². The average Bonchev–Trinajstić information content (AvgIpc) is 2.45. The predicted molar refractivity (Wildman–Crippen MR) is 49.4 cm³/mol. The molecule has 0 amide bonds. The van der Waals surface area contributed by atoms with Gasteiger partial charge in [-0.25, -0.2) is 4.68 Å². The predicted octanol–water partition coefficient (Wildman–Crippen LogP) is 0.671. The molecule has 0 atom stereocenters. The van der Waals surface area contributed by atoms with Crippen molar-refractivity contribution >= 4 is 17.5 Å². The molecule has 0 bridgehead atoms. The van der Waals surface area contributed by atoms with Gasteiger partial charge in [0.05, 0.1) is 0 Å². The Morgan fingerprint density at radius 3 is 2.92 bits per heavy atom. The molecule has 13 heavy (non-hydrogen) atoms. The number of hydrogen-bond acceptors (Lipinski definition) is 5. The number of thioether (sulfide) groups is 1. The van der Waals surface area contributed by atoms with E-state index in [9.17, 15) is 4.79 Å². The number of hydrogen-bond donors (Lipinski definition) is 0. The summed E-state index contributed by atoms with van der Waals surface area (Å²) in [5.74, 6) is 1.12. The summed E-state index contributed by atoms with van der Waals surface area (Å²) in [5.41, 5.74) is 0. The summed E-state index contributed by atoms with van der Waals surface area (Å²) in [6, 6.07) is 0. The molecule has 1 aromatic heterocycles. The van der Waals surface area contributed by atoms with Crippen molar-refractivity contribution in [1.29, 1.82) is 0 Å². The van der Waals surface area contributed by atoms with Crippen LogP contribution in [0.2, 0.25) is 0 Å². The first-order valence-corrected chi connectivity index (χ1v) is 5.03. The van der Waals surface area contributed by atoms with Gasteiger partial charge in [0.25, 0.3) is 0 Å². The van der Waals surface area contributed by atoms with Gasteiger partial charge in [0.1, 0.15) is 5.78 Å². The number of aryl methyl sites for hydroxylation is 1. The molecule has 1 aromatic rings. The Kier molecular flexibility index (Phi) is 3.88. The highest BCUT2D eigenvalue weighted by Gasteiger charge is 2.02. The minimum Gasteiger partial charge on any atom is -0.300 e. The third kappa shape index (κ3) is 3.54. The number of ketones is 1. The van der Waals surface area contributed by atoms with E-state index >= 15 is 0 Å². The van der Waals surface area contributed by atoms with E-state index in [1.807, 2.05) is 0 Å². The largest absolute Gasteiger partial charge is 0.300 e. The van der Waals surface area contributed by atoms with E-state index < -0.39 is 0 Å². The summed E-state index contributed by atoms with van der Waals surface area (Å²) >= 11 is 1.57. The van der Waals surface area contributed by atoms with Crippen LogP contribution in [0.25, 0.3) is 0 Å². The van der Waals surface area contributed by atoms with Gasteiger partial charge < -0.3 is 4.79 Å². The average molecular weight is 200 g/mol. The normalized spacial score (nSPS) is 10.3. The Morgan fingerprint density at radius 1 is 1.62 bits per heavy atom. The van der Waals surface area contributed by atoms with E-state index in [0.717, 1.165) is 17.3 Å². The van der Waals surface area contributed by atoms with Gasteiger partial charge in [-0.05, 0) is 23.8 Å². The van der Waals surface area contributed by atoms with Crippen molar-refractivity contribution in [3.8, 4) is 0 Å². The molecule has 0 saturated carbocycles. The maximum Gasteiger partial charge on any atom is 0.209 e. The number of carbonyl (C=O) groups is 1. The van der Waals surface area contributed by atoms with Crippen LogP contribution in [0.4, 0.5) is 0 Å². The molecule has 1 rings (SSSR count). The van der Waals surface area contributed by atoms with E-state index in [0.29, 0.717) is 6.42 Å². The molecule has 0 spiro atoms. The molecule has 0 aliphatic carbocycles. The summed E-state index contributed by atoms with van der Waals surface area (Å²) in [5, 5.41) is 11.8. The molecule has 0 radical (unpaired) electrons. The van der Waals surface area contributed by atoms with Crippen molar-refractivity contribution in [2.45, 2.75) is 24.9 Å². The molecule has 1 heterocycles. The first-order valence-electron chi connectivity index (χ1n) is 4.04. The molecule has 0 aliphatic heterocycles. The fourth-order valence-electron chi connectivity index (χ4n) is 0.828. The van der Waals surface area contributed by atoms with Crippen LogP contribution in [0.1, 0.15) is 19.8 Å². The van der Waals surface area contributed by atoms with E-state index in [-0.39, 0.29) is 5.78 Å². The number of aromatic nitrogens is 4. The summed E-state index contributed by atoms with van der Waals surface area (Å²) in [6.45, 7) is 1.61. The maximum absolute atomic E-state index is 10.6. The van der Waals surface area contributed by atoms with Gasteiger partial charge in [-0.3, -0.25) is 0 Å². The van der Waals surface area contributed by atoms with E-state index in [2.05, 4.69) is 15.5 Å². The lowest BCUT2D eigenvalue weighted by Crippen LogP contribution is -1.95. The molecule has 0 aliphatic rings. The van der Waals surface area contributed by atoms with Gasteiger partial charge in [-0.15, -0.1) is 5.10 Å². The minimum absolute atomic E-state index is 0.233. The van der Waals surface area contributed by atoms with Crippen molar-refractivity contribution < 1.29 is 4.79 Å². The summed E-state index contributed by atoms with van der Waals surface area (Å²) in [7, 11) is 1.80. The lowest BCUT2D eigenvalue weighted by atomic mass is 10.3. The smallest absolute Gasteiger partial charge is 0.209 e. The van der Waals surface area contributed by atoms with Crippen LogP contribution in [0.3, 0.4) is 0 Å². The Bertz CT molecular complexity index is 286. The zero-order valence-electron chi connectivity index (χ0n) is 7.73. The van der Waals surface area contributed by atoms with Crippen molar-refractivity contribution in [2.75, 3.05) is 5.75 Å². The fourth-order valence-corrected chi connectivity index (χ4v) is 1.62. The first-order chi connectivity index (χ1) is 6.20. The molecular formula is C7H12N4OS. The maximum atomic E-state index is 10.6. The highest BCUT2D eigenvalue weighted by Crippen LogP contribution is 2.14. The number of carbonyl (C=O) groups excluding carboxylic acids is 1. The van der Waals surface area contributed by atoms with Crippen LogP contribution in [0.5, 0.6) is 0 Å². The molecule has 6 heteroatoms. The SMILES string of the molecule is CC(=O)CCCSc1nnnn1C. The van der Waals surface area contributed by atoms with Crippen LogP contribution in [-0.2, 0) is 11.8 Å². The van der Waals surface area contributed by atoms with Crippen molar-refractivity contribution in [2.24, 2.45) is 7.05 Å². The van der Waals surface area contributed by atoms with Gasteiger partial charge in [-0.2, -0.15) is 0 Å². The van der Waals surface area contributed by atoms with E-state index in [1.165, 1.54) is 0 Å². The zero-order chi connectivity index (χ0) is 9.68. The van der Waals surface area contributed by atoms with Gasteiger partial charge in [0, 0.05) is 19.2 Å². The quantitative estimate of drug-likeness (QED) is 0.516. The molecule has 0 saturated heterocycles. The van der Waals surface area contributed by atoms with Crippen molar-refractivity contribution in [3.63, 3.8) is 0 Å². The van der Waals surface area contributed by atoms with Crippen molar-refractivity contribution in [1.82, 2.24) is 20.2 Å². The summed E-state index contributed by atoms with van der Waals surface area (Å²) in [4.78, 5) is 10.6. The number of Topliss-reactive ketones (excluding diaryl/α,β-unsaturated/α-hetero) is 1. The van der Waals surface area contributed by atoms with Crippen LogP contribution < -0.4 is 0 Å². The Morgan fingerprint density at radius 2 is 2.38 bits per heavy atom. The number of rotatable bonds is 5. The Balaban J connectivity index is 2.20. The summed E-state index contributed by atoms with van der Waals surface area (Å²) in [6.07, 6.45) is 1.52. The summed E-state index contributed by atoms with van der Waals surface area (Å²) < 4.78 is 1.62. The highest BCUT2D eigenvalue weighted by atomic mass is 32.2. The van der Waals surface area contributed by atoms with Gasteiger partial charge in [-0.1, -0.05) is 11.8 Å². The fraction of sp³-hybridized carbons (Fsp3) is 0.714. The second-order valence-electron chi connectivity index (χ2n) is 2.74. The second-order valence-corrected chi connectivity index (χ2v) is 3.80. The van der Waals surface area contributed by atoms with E-state index in [1.54, 1.807) is 30.4 Å². The van der Waals surface area contributed by atoms with Crippen LogP contribution in [0.15, 0.2) is 5.16 Å². The molecule has 72 valence electrons. The first kappa shape index (κ1) is 10.2. The lowest BCUT2D eigenvalue weighted by molar-refractivity contribution is -0.117. The minimum atomic E-state index is 0.233. The van der Waals surface area contributed by atoms with Crippen LogP contribution in [0, 0.1) is 0 Å². The van der Waals surface area contributed by atoms with Gasteiger partial charge in [0.2, 0.25) is 5.16 Å². The molecule has 0 fully saturated rings. The Labute approximate surface area is 80.9 Å². The molecular weight excluding hydrogens is 188 g/mol. The molecule has 0 N–H and O–H groups in total. The van der Waals surface area contributed by atoms with Gasteiger partial charge in [0.15, 0.2) is 0 Å². The zero-order valence-corrected chi connectivity index (χ0v) is 8.54. The lowest BCUT2D eigenvalue weighted by Gasteiger charge is -1.97. The highest BCUT2D eigenvalue weighted by molar-refractivity contribution is 7.99. The number of nitrogens with zero attached hydrogens (tertiary/aromatic N) is 4. The molecule has 5 nitrogen and oxygen atoms in total. The topological polar surface area (TPSA) is 60.7 Å². The standard InChI is InChI=1S/C7H12N4OS/c1-6(12)4-3-5-13-7-8-9-10-11(7)2/h3-5H2,1-2H3. The third-order valence-electron chi connectivity index (χ3n) is 1.49. The van der Waals surface area contributed by atoms with Crippen LogP contribution >= 0.6 is 11.8 Å². The third-order valence-corrected chi connectivity index (χ3v) is 2.58. The molecule has 0 unspecified atom stereocenters. The molecule has 0 aromatic carbocycles. The number of tetrazole rings is 1. The van der Waals surface area contributed by atoms with Crippen molar-refractivity contribution in [3.05, 3.63) is 0 Å². The monoisotopic (exact) mass is 200 g/mol. The van der Waals surface area contributed by atoms with Crippen LogP contribution in [-0.4, -0.2) is 31.7 Å². The Hall–Kier alpha value is -0.910.